The SMILES string of the molecule is O=C(CCc1ccc(F)c(Cl)c1)N1CCN(c2ccc(-n3cccc3)nn2)CC1. The lowest BCUT2D eigenvalue weighted by atomic mass is 10.1. The van der Waals surface area contributed by atoms with Crippen molar-refractivity contribution in [1.29, 1.82) is 0 Å². The van der Waals surface area contributed by atoms with E-state index >= 15 is 0 Å². The van der Waals surface area contributed by atoms with Crippen LogP contribution in [0.4, 0.5) is 10.2 Å². The third-order valence-corrected chi connectivity index (χ3v) is 5.36. The Labute approximate surface area is 173 Å². The molecule has 0 N–H and O–H groups in total. The maximum absolute atomic E-state index is 13.2. The van der Waals surface area contributed by atoms with Crippen LogP contribution >= 0.6 is 11.6 Å². The van der Waals surface area contributed by atoms with Crippen LogP contribution in [0.5, 0.6) is 0 Å². The Morgan fingerprint density at radius 2 is 1.69 bits per heavy atom. The molecule has 29 heavy (non-hydrogen) atoms. The number of carbonyl (C=O) groups is 1. The van der Waals surface area contributed by atoms with Gasteiger partial charge in [-0.05, 0) is 48.4 Å². The van der Waals surface area contributed by atoms with E-state index in [1.54, 1.807) is 12.1 Å². The summed E-state index contributed by atoms with van der Waals surface area (Å²) in [5.41, 5.74) is 0.862. The van der Waals surface area contributed by atoms with Crippen LogP contribution in [0, 0.1) is 5.82 Å². The molecule has 6 nitrogen and oxygen atoms in total. The Morgan fingerprint density at radius 1 is 1.00 bits per heavy atom. The smallest absolute Gasteiger partial charge is 0.223 e. The fraction of sp³-hybridized carbons (Fsp3) is 0.286. The lowest BCUT2D eigenvalue weighted by molar-refractivity contribution is -0.131. The summed E-state index contributed by atoms with van der Waals surface area (Å²) in [5, 5.41) is 8.70. The van der Waals surface area contributed by atoms with E-state index in [9.17, 15) is 9.18 Å². The average molecular weight is 414 g/mol. The second-order valence-electron chi connectivity index (χ2n) is 6.96. The molecule has 150 valence electrons. The predicted octanol–water partition coefficient (Wildman–Crippen LogP) is 3.34. The van der Waals surface area contributed by atoms with Gasteiger partial charge in [0.2, 0.25) is 5.91 Å². The zero-order chi connectivity index (χ0) is 20.2. The number of hydrogen-bond donors (Lipinski definition) is 0. The fourth-order valence-electron chi connectivity index (χ4n) is 3.40. The van der Waals surface area contributed by atoms with Gasteiger partial charge in [0.25, 0.3) is 0 Å². The minimum absolute atomic E-state index is 0.0902. The van der Waals surface area contributed by atoms with Gasteiger partial charge in [0.15, 0.2) is 11.6 Å². The van der Waals surface area contributed by atoms with Crippen molar-refractivity contribution in [3.8, 4) is 5.82 Å². The Bertz CT molecular complexity index is 969. The molecule has 8 heteroatoms. The summed E-state index contributed by atoms with van der Waals surface area (Å²) in [6, 6.07) is 12.4. The predicted molar refractivity (Wildman–Crippen MR) is 110 cm³/mol. The highest BCUT2D eigenvalue weighted by atomic mass is 35.5. The zero-order valence-corrected chi connectivity index (χ0v) is 16.6. The van der Waals surface area contributed by atoms with E-state index in [0.717, 1.165) is 17.2 Å². The number of halogens is 2. The van der Waals surface area contributed by atoms with E-state index in [1.165, 1.54) is 6.07 Å². The molecule has 0 saturated carbocycles. The van der Waals surface area contributed by atoms with Gasteiger partial charge in [-0.15, -0.1) is 10.2 Å². The molecule has 3 heterocycles. The number of aromatic nitrogens is 3. The maximum atomic E-state index is 13.2. The summed E-state index contributed by atoms with van der Waals surface area (Å²) in [7, 11) is 0. The molecule has 0 aliphatic carbocycles. The number of hydrogen-bond acceptors (Lipinski definition) is 4. The van der Waals surface area contributed by atoms with Gasteiger partial charge in [0.05, 0.1) is 5.02 Å². The minimum atomic E-state index is -0.442. The molecule has 0 unspecified atom stereocenters. The number of amides is 1. The number of rotatable bonds is 5. The Morgan fingerprint density at radius 3 is 2.34 bits per heavy atom. The van der Waals surface area contributed by atoms with Crippen LogP contribution < -0.4 is 4.90 Å². The van der Waals surface area contributed by atoms with E-state index in [-0.39, 0.29) is 10.9 Å². The number of aryl methyl sites for hydroxylation is 1. The van der Waals surface area contributed by atoms with Crippen LogP contribution in [0.2, 0.25) is 5.02 Å². The highest BCUT2D eigenvalue weighted by Gasteiger charge is 2.22. The molecule has 3 aromatic rings. The third-order valence-electron chi connectivity index (χ3n) is 5.07. The lowest BCUT2D eigenvalue weighted by Gasteiger charge is -2.35. The van der Waals surface area contributed by atoms with Crippen molar-refractivity contribution in [2.75, 3.05) is 31.1 Å². The van der Waals surface area contributed by atoms with Gasteiger partial charge in [-0.1, -0.05) is 17.7 Å². The quantitative estimate of drug-likeness (QED) is 0.643. The van der Waals surface area contributed by atoms with E-state index in [0.29, 0.717) is 39.0 Å². The Balaban J connectivity index is 1.28. The van der Waals surface area contributed by atoms with Gasteiger partial charge in [0, 0.05) is 45.0 Å². The molecule has 1 fully saturated rings. The summed E-state index contributed by atoms with van der Waals surface area (Å²) >= 11 is 5.80. The van der Waals surface area contributed by atoms with E-state index in [4.69, 9.17) is 11.6 Å². The van der Waals surface area contributed by atoms with Crippen LogP contribution in [0.1, 0.15) is 12.0 Å². The molecular formula is C21H21ClFN5O. The van der Waals surface area contributed by atoms with Crippen molar-refractivity contribution in [3.05, 3.63) is 71.3 Å². The van der Waals surface area contributed by atoms with Crippen molar-refractivity contribution in [2.45, 2.75) is 12.8 Å². The summed E-state index contributed by atoms with van der Waals surface area (Å²) in [5.74, 6) is 1.24. The lowest BCUT2D eigenvalue weighted by Crippen LogP contribution is -2.49. The molecule has 0 spiro atoms. The first-order valence-corrected chi connectivity index (χ1v) is 9.92. The number of anilines is 1. The van der Waals surface area contributed by atoms with Crippen molar-refractivity contribution >= 4 is 23.3 Å². The maximum Gasteiger partial charge on any atom is 0.223 e. The highest BCUT2D eigenvalue weighted by molar-refractivity contribution is 6.30. The Kier molecular flexibility index (Phi) is 5.76. The monoisotopic (exact) mass is 413 g/mol. The van der Waals surface area contributed by atoms with Gasteiger partial charge in [-0.3, -0.25) is 4.79 Å². The highest BCUT2D eigenvalue weighted by Crippen LogP contribution is 2.18. The fourth-order valence-corrected chi connectivity index (χ4v) is 3.60. The largest absolute Gasteiger partial charge is 0.352 e. The normalized spacial score (nSPS) is 14.3. The topological polar surface area (TPSA) is 54.3 Å². The minimum Gasteiger partial charge on any atom is -0.352 e. The van der Waals surface area contributed by atoms with Crippen LogP contribution in [-0.2, 0) is 11.2 Å². The number of benzene rings is 1. The molecule has 1 amide bonds. The summed E-state index contributed by atoms with van der Waals surface area (Å²) < 4.78 is 15.1. The van der Waals surface area contributed by atoms with Crippen molar-refractivity contribution < 1.29 is 9.18 Å². The van der Waals surface area contributed by atoms with Crippen LogP contribution in [0.15, 0.2) is 54.9 Å². The second-order valence-corrected chi connectivity index (χ2v) is 7.36. The van der Waals surface area contributed by atoms with Crippen LogP contribution in [0.25, 0.3) is 5.82 Å². The summed E-state index contributed by atoms with van der Waals surface area (Å²) in [6.07, 6.45) is 4.78. The number of carbonyl (C=O) groups excluding carboxylic acids is 1. The molecule has 0 bridgehead atoms. The van der Waals surface area contributed by atoms with E-state index < -0.39 is 5.82 Å². The van der Waals surface area contributed by atoms with E-state index in [1.807, 2.05) is 46.1 Å². The molecule has 1 aliphatic heterocycles. The molecule has 0 atom stereocenters. The number of piperazine rings is 1. The summed E-state index contributed by atoms with van der Waals surface area (Å²) in [6.45, 7) is 2.71. The van der Waals surface area contributed by atoms with Crippen molar-refractivity contribution in [1.82, 2.24) is 19.7 Å². The molecule has 2 aromatic heterocycles. The van der Waals surface area contributed by atoms with Gasteiger partial charge < -0.3 is 14.4 Å². The molecular weight excluding hydrogens is 393 g/mol. The molecule has 4 rings (SSSR count). The first kappa shape index (κ1) is 19.4. The van der Waals surface area contributed by atoms with Crippen LogP contribution in [-0.4, -0.2) is 51.8 Å². The molecule has 1 saturated heterocycles. The van der Waals surface area contributed by atoms with Gasteiger partial charge >= 0.3 is 0 Å². The van der Waals surface area contributed by atoms with Gasteiger partial charge in [-0.25, -0.2) is 4.39 Å². The number of nitrogens with zero attached hydrogens (tertiary/aromatic N) is 5. The van der Waals surface area contributed by atoms with Crippen molar-refractivity contribution in [2.24, 2.45) is 0 Å². The second kappa shape index (κ2) is 8.61. The molecule has 1 aliphatic rings. The zero-order valence-electron chi connectivity index (χ0n) is 15.8. The first-order valence-electron chi connectivity index (χ1n) is 9.54. The van der Waals surface area contributed by atoms with Gasteiger partial charge in [-0.2, -0.15) is 0 Å². The molecule has 0 radical (unpaired) electrons. The van der Waals surface area contributed by atoms with E-state index in [2.05, 4.69) is 15.1 Å². The molecule has 1 aromatic carbocycles. The van der Waals surface area contributed by atoms with Crippen LogP contribution in [0.3, 0.4) is 0 Å². The Hall–Kier alpha value is -2.93. The average Bonchev–Trinajstić information content (AvgIpc) is 3.29. The standard InChI is InChI=1S/C21H21ClFN5O/c22-17-15-16(3-5-18(17)23)4-8-21(29)28-13-11-27(12-14-28)20-7-6-19(24-25-20)26-9-1-2-10-26/h1-3,5-7,9-10,15H,4,8,11-14H2. The summed E-state index contributed by atoms with van der Waals surface area (Å²) in [4.78, 5) is 16.5. The van der Waals surface area contributed by atoms with Crippen molar-refractivity contribution in [3.63, 3.8) is 0 Å². The van der Waals surface area contributed by atoms with Gasteiger partial charge in [0.1, 0.15) is 5.82 Å². The third kappa shape index (κ3) is 4.56. The first-order chi connectivity index (χ1) is 14.1.